The zero-order valence-corrected chi connectivity index (χ0v) is 12.0. The molecule has 20 heavy (non-hydrogen) atoms. The van der Waals surface area contributed by atoms with Crippen molar-refractivity contribution in [1.82, 2.24) is 9.97 Å². The number of aromatic nitrogens is 2. The number of carbonyl (C=O) groups is 2. The number of aliphatic carboxylic acids is 1. The Bertz CT molecular complexity index is 676. The maximum Gasteiger partial charge on any atom is 0.303 e. The largest absolute Gasteiger partial charge is 0.481 e. The molecule has 0 aliphatic carbocycles. The van der Waals surface area contributed by atoms with Crippen LogP contribution in [0.5, 0.6) is 0 Å². The van der Waals surface area contributed by atoms with E-state index in [1.54, 1.807) is 32.3 Å². The van der Waals surface area contributed by atoms with Gasteiger partial charge in [0.2, 0.25) is 0 Å². The summed E-state index contributed by atoms with van der Waals surface area (Å²) in [6.07, 6.45) is 3.21. The van der Waals surface area contributed by atoms with Gasteiger partial charge in [-0.25, -0.2) is 4.98 Å². The fourth-order valence-electron chi connectivity index (χ4n) is 2.24. The Morgan fingerprint density at radius 2 is 2.10 bits per heavy atom. The highest BCUT2D eigenvalue weighted by Gasteiger charge is 2.27. The average Bonchev–Trinajstić information content (AvgIpc) is 2.71. The van der Waals surface area contributed by atoms with Crippen molar-refractivity contribution in [2.75, 3.05) is 0 Å². The molecule has 106 valence electrons. The van der Waals surface area contributed by atoms with Gasteiger partial charge in [-0.05, 0) is 11.5 Å². The Morgan fingerprint density at radius 3 is 2.75 bits per heavy atom. The second kappa shape index (κ2) is 5.25. The second-order valence-corrected chi connectivity index (χ2v) is 5.96. The third-order valence-electron chi connectivity index (χ3n) is 3.09. The number of carbonyl (C=O) groups excluding carboxylic acids is 1. The van der Waals surface area contributed by atoms with Crippen LogP contribution in [0.3, 0.4) is 0 Å². The minimum atomic E-state index is -0.915. The number of hydrogen-bond acceptors (Lipinski definition) is 3. The van der Waals surface area contributed by atoms with Crippen LogP contribution < -0.4 is 0 Å². The number of fused-ring (bicyclic) bond motifs is 1. The Labute approximate surface area is 121 Å². The number of nitrogens with zero attached hydrogens (tertiary/aromatic N) is 1. The lowest BCUT2D eigenvalue weighted by atomic mass is 9.82. The Morgan fingerprint density at radius 1 is 1.40 bits per heavy atom. The molecule has 2 heterocycles. The van der Waals surface area contributed by atoms with Crippen LogP contribution in [0, 0.1) is 5.41 Å². The number of nitrogens with one attached hydrogen (secondary N) is 1. The summed E-state index contributed by atoms with van der Waals surface area (Å²) in [5.41, 5.74) is 0.398. The van der Waals surface area contributed by atoms with Crippen molar-refractivity contribution in [2.45, 2.75) is 26.7 Å². The van der Waals surface area contributed by atoms with Crippen molar-refractivity contribution < 1.29 is 14.7 Å². The zero-order chi connectivity index (χ0) is 14.9. The van der Waals surface area contributed by atoms with Crippen molar-refractivity contribution in [1.29, 1.82) is 0 Å². The van der Waals surface area contributed by atoms with Crippen LogP contribution in [0.25, 0.3) is 11.0 Å². The summed E-state index contributed by atoms with van der Waals surface area (Å²) in [6, 6.07) is 1.62. The lowest BCUT2D eigenvalue weighted by Crippen LogP contribution is -2.21. The lowest BCUT2D eigenvalue weighted by Gasteiger charge is -2.21. The van der Waals surface area contributed by atoms with Crippen LogP contribution in [-0.4, -0.2) is 26.8 Å². The van der Waals surface area contributed by atoms with E-state index in [1.807, 2.05) is 0 Å². The van der Waals surface area contributed by atoms with Gasteiger partial charge in [-0.15, -0.1) is 0 Å². The molecule has 2 aromatic heterocycles. The van der Waals surface area contributed by atoms with Crippen molar-refractivity contribution in [2.24, 2.45) is 5.41 Å². The molecular formula is C14H15ClN2O3. The first-order valence-electron chi connectivity index (χ1n) is 6.17. The van der Waals surface area contributed by atoms with E-state index >= 15 is 0 Å². The van der Waals surface area contributed by atoms with Gasteiger partial charge in [0, 0.05) is 29.8 Å². The van der Waals surface area contributed by atoms with Crippen LogP contribution in [-0.2, 0) is 4.79 Å². The Kier molecular flexibility index (Phi) is 3.81. The molecule has 0 amide bonds. The molecule has 0 unspecified atom stereocenters. The highest BCUT2D eigenvalue weighted by Crippen LogP contribution is 2.31. The van der Waals surface area contributed by atoms with Gasteiger partial charge in [-0.1, -0.05) is 25.4 Å². The normalized spacial score (nSPS) is 11.8. The minimum absolute atomic E-state index is 0.0624. The van der Waals surface area contributed by atoms with Gasteiger partial charge in [-0.3, -0.25) is 9.59 Å². The first kappa shape index (κ1) is 14.5. The molecular weight excluding hydrogens is 280 g/mol. The van der Waals surface area contributed by atoms with E-state index < -0.39 is 11.4 Å². The molecule has 0 bridgehead atoms. The fourth-order valence-corrected chi connectivity index (χ4v) is 2.49. The predicted octanol–water partition coefficient (Wildman–Crippen LogP) is 3.29. The Hall–Kier alpha value is -1.88. The van der Waals surface area contributed by atoms with Crippen molar-refractivity contribution in [3.05, 3.63) is 29.0 Å². The third kappa shape index (κ3) is 2.99. The van der Waals surface area contributed by atoms with E-state index in [1.165, 1.54) is 0 Å². The molecule has 2 aromatic rings. The first-order chi connectivity index (χ1) is 9.30. The summed E-state index contributed by atoms with van der Waals surface area (Å²) >= 11 is 6.10. The van der Waals surface area contributed by atoms with Crippen LogP contribution in [0.4, 0.5) is 0 Å². The Balaban J connectivity index is 2.31. The maximum atomic E-state index is 12.4. The third-order valence-corrected chi connectivity index (χ3v) is 3.41. The summed E-state index contributed by atoms with van der Waals surface area (Å²) in [7, 11) is 0. The number of hydrogen-bond donors (Lipinski definition) is 2. The molecule has 0 atom stereocenters. The maximum absolute atomic E-state index is 12.4. The van der Waals surface area contributed by atoms with E-state index in [0.29, 0.717) is 21.6 Å². The molecule has 0 aromatic carbocycles. The number of rotatable bonds is 5. The van der Waals surface area contributed by atoms with Crippen LogP contribution in [0.2, 0.25) is 5.02 Å². The smallest absolute Gasteiger partial charge is 0.303 e. The van der Waals surface area contributed by atoms with E-state index in [-0.39, 0.29) is 18.6 Å². The van der Waals surface area contributed by atoms with Crippen LogP contribution >= 0.6 is 11.6 Å². The molecule has 2 N–H and O–H groups in total. The minimum Gasteiger partial charge on any atom is -0.481 e. The van der Waals surface area contributed by atoms with Gasteiger partial charge < -0.3 is 10.1 Å². The van der Waals surface area contributed by atoms with Crippen molar-refractivity contribution >= 4 is 34.4 Å². The molecule has 0 radical (unpaired) electrons. The highest BCUT2D eigenvalue weighted by atomic mass is 35.5. The quantitative estimate of drug-likeness (QED) is 0.829. The summed E-state index contributed by atoms with van der Waals surface area (Å²) in [5.74, 6) is -1.06. The van der Waals surface area contributed by atoms with Crippen LogP contribution in [0.15, 0.2) is 18.5 Å². The number of halogens is 1. The fraction of sp³-hybridized carbons (Fsp3) is 0.357. The second-order valence-electron chi connectivity index (χ2n) is 5.55. The average molecular weight is 295 g/mol. The number of Topliss-reactive ketones (excluding diaryl/α,β-unsaturated/α-hetero) is 1. The van der Waals surface area contributed by atoms with Crippen LogP contribution in [0.1, 0.15) is 37.0 Å². The molecule has 0 spiro atoms. The summed E-state index contributed by atoms with van der Waals surface area (Å²) in [6.45, 7) is 3.52. The summed E-state index contributed by atoms with van der Waals surface area (Å²) in [4.78, 5) is 30.2. The topological polar surface area (TPSA) is 83.0 Å². The van der Waals surface area contributed by atoms with Gasteiger partial charge in [0.25, 0.3) is 0 Å². The van der Waals surface area contributed by atoms with Crippen molar-refractivity contribution in [3.8, 4) is 0 Å². The van der Waals surface area contributed by atoms with Crippen molar-refractivity contribution in [3.63, 3.8) is 0 Å². The number of aromatic amines is 1. The van der Waals surface area contributed by atoms with E-state index in [2.05, 4.69) is 9.97 Å². The monoisotopic (exact) mass is 294 g/mol. The summed E-state index contributed by atoms with van der Waals surface area (Å²) in [5, 5.41) is 9.90. The molecule has 0 aliphatic heterocycles. The standard InChI is InChI=1S/C14H15ClN2O3/c1-14(2,6-11(19)20)5-10(18)8-7-17-13-12(8)9(15)3-4-16-13/h3-4,7H,5-6H2,1-2H3,(H,16,17)(H,19,20). The number of pyridine rings is 1. The number of carboxylic acid groups (broad SMARTS) is 1. The summed E-state index contributed by atoms with van der Waals surface area (Å²) < 4.78 is 0. The van der Waals surface area contributed by atoms with Gasteiger partial charge >= 0.3 is 5.97 Å². The van der Waals surface area contributed by atoms with Gasteiger partial charge in [-0.2, -0.15) is 0 Å². The molecule has 0 fully saturated rings. The van der Waals surface area contributed by atoms with E-state index in [0.717, 1.165) is 0 Å². The molecule has 2 rings (SSSR count). The molecule has 0 aliphatic rings. The van der Waals surface area contributed by atoms with Gasteiger partial charge in [0.15, 0.2) is 5.78 Å². The molecule has 0 saturated carbocycles. The zero-order valence-electron chi connectivity index (χ0n) is 11.2. The molecule has 5 nitrogen and oxygen atoms in total. The van der Waals surface area contributed by atoms with Gasteiger partial charge in [0.05, 0.1) is 11.4 Å². The molecule has 0 saturated heterocycles. The predicted molar refractivity (Wildman–Crippen MR) is 76.1 cm³/mol. The van der Waals surface area contributed by atoms with Gasteiger partial charge in [0.1, 0.15) is 5.65 Å². The van der Waals surface area contributed by atoms with E-state index in [4.69, 9.17) is 16.7 Å². The number of carboxylic acids is 1. The van der Waals surface area contributed by atoms with E-state index in [9.17, 15) is 9.59 Å². The highest BCUT2D eigenvalue weighted by molar-refractivity contribution is 6.36. The lowest BCUT2D eigenvalue weighted by molar-refractivity contribution is -0.139. The number of ketones is 1. The molecule has 6 heteroatoms. The first-order valence-corrected chi connectivity index (χ1v) is 6.54. The SMILES string of the molecule is CC(C)(CC(=O)O)CC(=O)c1c[nH]c2nccc(Cl)c12. The number of H-pyrrole nitrogens is 1.